The topological polar surface area (TPSA) is 89.9 Å². The lowest BCUT2D eigenvalue weighted by Gasteiger charge is -2.35. The van der Waals surface area contributed by atoms with Gasteiger partial charge in [-0.2, -0.15) is 5.10 Å². The van der Waals surface area contributed by atoms with Gasteiger partial charge in [0, 0.05) is 57.2 Å². The van der Waals surface area contributed by atoms with E-state index in [2.05, 4.69) is 54.6 Å². The first kappa shape index (κ1) is 21.3. The summed E-state index contributed by atoms with van der Waals surface area (Å²) in [6.45, 7) is 10.9. The Balaban J connectivity index is 1.25. The molecule has 0 radical (unpaired) electrons. The number of fused-ring (bicyclic) bond motifs is 1. The zero-order valence-electron chi connectivity index (χ0n) is 19.6. The zero-order valence-corrected chi connectivity index (χ0v) is 19.6. The summed E-state index contributed by atoms with van der Waals surface area (Å²) in [7, 11) is 2.06. The molecule has 0 N–H and O–H groups in total. The molecule has 1 aliphatic rings. The van der Waals surface area contributed by atoms with Crippen LogP contribution in [-0.4, -0.2) is 71.7 Å². The van der Waals surface area contributed by atoms with Gasteiger partial charge in [-0.15, -0.1) is 5.10 Å². The van der Waals surface area contributed by atoms with Gasteiger partial charge < -0.3 is 9.47 Å². The van der Waals surface area contributed by atoms with Crippen molar-refractivity contribution in [3.63, 3.8) is 0 Å². The Morgan fingerprint density at radius 2 is 1.70 bits per heavy atom. The molecule has 10 nitrogen and oxygen atoms in total. The Kier molecular flexibility index (Phi) is 5.45. The molecule has 4 aromatic heterocycles. The summed E-state index contributed by atoms with van der Waals surface area (Å²) in [5.74, 6) is 1.65. The number of aryl methyl sites for hydroxylation is 4. The molecule has 5 heterocycles. The number of hydrogen-bond acceptors (Lipinski definition) is 7. The highest BCUT2D eigenvalue weighted by molar-refractivity contribution is 5.87. The largest absolute Gasteiger partial charge is 0.352 e. The van der Waals surface area contributed by atoms with Crippen LogP contribution in [0.2, 0.25) is 0 Å². The summed E-state index contributed by atoms with van der Waals surface area (Å²) < 4.78 is 5.47. The van der Waals surface area contributed by atoms with Crippen LogP contribution in [-0.2, 0) is 13.6 Å². The van der Waals surface area contributed by atoms with E-state index in [1.807, 2.05) is 19.9 Å². The van der Waals surface area contributed by atoms with Gasteiger partial charge in [-0.25, -0.2) is 19.3 Å². The zero-order chi connectivity index (χ0) is 23.1. The van der Waals surface area contributed by atoms with Crippen LogP contribution >= 0.6 is 0 Å². The molecule has 0 bridgehead atoms. The molecule has 5 rings (SSSR count). The van der Waals surface area contributed by atoms with Crippen molar-refractivity contribution in [2.45, 2.75) is 27.3 Å². The maximum atomic E-state index is 12.4. The van der Waals surface area contributed by atoms with Crippen LogP contribution in [0.25, 0.3) is 16.9 Å². The smallest absolute Gasteiger partial charge is 0.266 e. The Hall–Kier alpha value is -3.53. The third kappa shape index (κ3) is 4.02. The van der Waals surface area contributed by atoms with Gasteiger partial charge in [0.2, 0.25) is 0 Å². The van der Waals surface area contributed by atoms with E-state index in [9.17, 15) is 4.79 Å². The van der Waals surface area contributed by atoms with E-state index in [1.54, 1.807) is 27.8 Å². The fourth-order valence-corrected chi connectivity index (χ4v) is 4.50. The molecule has 1 saturated heterocycles. The molecule has 0 aliphatic carbocycles. The van der Waals surface area contributed by atoms with Crippen molar-refractivity contribution in [1.82, 2.24) is 39.0 Å². The third-order valence-electron chi connectivity index (χ3n) is 6.42. The maximum Gasteiger partial charge on any atom is 0.266 e. The molecule has 0 spiro atoms. The Labute approximate surface area is 192 Å². The highest BCUT2D eigenvalue weighted by Crippen LogP contribution is 2.26. The van der Waals surface area contributed by atoms with E-state index >= 15 is 0 Å². The SMILES string of the molecule is Cc1cc(C)n(-c2ccc(=O)n(CCN3CCN(c4ncnc5cc(C)n(C)c45)CC3)n2)n1. The molecule has 0 aromatic carbocycles. The maximum absolute atomic E-state index is 12.4. The lowest BCUT2D eigenvalue weighted by Crippen LogP contribution is -2.48. The van der Waals surface area contributed by atoms with Gasteiger partial charge in [-0.1, -0.05) is 0 Å². The summed E-state index contributed by atoms with van der Waals surface area (Å²) in [5.41, 5.74) is 5.06. The molecule has 0 saturated carbocycles. The molecule has 4 aromatic rings. The highest BCUT2D eigenvalue weighted by Gasteiger charge is 2.22. The van der Waals surface area contributed by atoms with Gasteiger partial charge in [-0.05, 0) is 39.0 Å². The van der Waals surface area contributed by atoms with E-state index in [0.29, 0.717) is 12.4 Å². The van der Waals surface area contributed by atoms with Crippen molar-refractivity contribution < 1.29 is 0 Å². The molecule has 10 heteroatoms. The van der Waals surface area contributed by atoms with Gasteiger partial charge >= 0.3 is 0 Å². The number of rotatable bonds is 5. The van der Waals surface area contributed by atoms with Crippen LogP contribution in [0.15, 0.2) is 35.4 Å². The van der Waals surface area contributed by atoms with Crippen LogP contribution in [0, 0.1) is 20.8 Å². The van der Waals surface area contributed by atoms with Crippen LogP contribution in [0.4, 0.5) is 5.82 Å². The lowest BCUT2D eigenvalue weighted by molar-refractivity contribution is 0.242. The fraction of sp³-hybridized carbons (Fsp3) is 0.435. The molecule has 0 atom stereocenters. The second-order valence-electron chi connectivity index (χ2n) is 8.70. The quantitative estimate of drug-likeness (QED) is 0.457. The fourth-order valence-electron chi connectivity index (χ4n) is 4.50. The predicted octanol–water partition coefficient (Wildman–Crippen LogP) is 1.46. The number of aromatic nitrogens is 7. The van der Waals surface area contributed by atoms with Crippen molar-refractivity contribution in [3.8, 4) is 5.82 Å². The first-order valence-corrected chi connectivity index (χ1v) is 11.3. The Morgan fingerprint density at radius 3 is 2.42 bits per heavy atom. The summed E-state index contributed by atoms with van der Waals surface area (Å²) >= 11 is 0. The summed E-state index contributed by atoms with van der Waals surface area (Å²) in [6, 6.07) is 7.39. The van der Waals surface area contributed by atoms with Crippen molar-refractivity contribution in [3.05, 3.63) is 58.0 Å². The van der Waals surface area contributed by atoms with E-state index in [0.717, 1.165) is 61.0 Å². The average Bonchev–Trinajstić information content (AvgIpc) is 3.30. The standard InChI is InChI=1S/C23H29N9O/c1-16-13-18(3)32(26-16)20-5-6-21(33)31(27-20)12-9-29-7-10-30(11-8-29)23-22-19(24-15-25-23)14-17(2)28(22)4/h5-6,13-15H,7-12H2,1-4H3. The molecular formula is C23H29N9O. The van der Waals surface area contributed by atoms with Crippen molar-refractivity contribution in [2.75, 3.05) is 37.6 Å². The van der Waals surface area contributed by atoms with Gasteiger partial charge in [0.05, 0.1) is 17.8 Å². The third-order valence-corrected chi connectivity index (χ3v) is 6.42. The van der Waals surface area contributed by atoms with Gasteiger partial charge in [0.1, 0.15) is 11.8 Å². The minimum atomic E-state index is -0.0960. The van der Waals surface area contributed by atoms with Gasteiger partial charge in [0.25, 0.3) is 5.56 Å². The average molecular weight is 448 g/mol. The lowest BCUT2D eigenvalue weighted by atomic mass is 10.3. The van der Waals surface area contributed by atoms with E-state index in [1.165, 1.54) is 5.69 Å². The molecule has 0 amide bonds. The molecule has 1 fully saturated rings. The monoisotopic (exact) mass is 447 g/mol. The van der Waals surface area contributed by atoms with Gasteiger partial charge in [0.15, 0.2) is 11.6 Å². The second kappa shape index (κ2) is 8.43. The van der Waals surface area contributed by atoms with E-state index < -0.39 is 0 Å². The van der Waals surface area contributed by atoms with Crippen LogP contribution in [0.1, 0.15) is 17.1 Å². The van der Waals surface area contributed by atoms with E-state index in [-0.39, 0.29) is 5.56 Å². The Bertz CT molecular complexity index is 1360. The van der Waals surface area contributed by atoms with E-state index in [4.69, 9.17) is 0 Å². The van der Waals surface area contributed by atoms with Crippen molar-refractivity contribution in [2.24, 2.45) is 7.05 Å². The number of anilines is 1. The highest BCUT2D eigenvalue weighted by atomic mass is 16.1. The number of nitrogens with zero attached hydrogens (tertiary/aromatic N) is 9. The molecular weight excluding hydrogens is 418 g/mol. The summed E-state index contributed by atoms with van der Waals surface area (Å²) in [6.07, 6.45) is 1.65. The Morgan fingerprint density at radius 1 is 0.909 bits per heavy atom. The second-order valence-corrected chi connectivity index (χ2v) is 8.70. The molecule has 0 unspecified atom stereocenters. The summed E-state index contributed by atoms with van der Waals surface area (Å²) in [5, 5.41) is 9.04. The number of hydrogen-bond donors (Lipinski definition) is 0. The minimum Gasteiger partial charge on any atom is -0.352 e. The van der Waals surface area contributed by atoms with Gasteiger partial charge in [-0.3, -0.25) is 9.69 Å². The van der Waals surface area contributed by atoms with Crippen molar-refractivity contribution in [1.29, 1.82) is 0 Å². The number of piperazine rings is 1. The van der Waals surface area contributed by atoms with Crippen LogP contribution < -0.4 is 10.5 Å². The van der Waals surface area contributed by atoms with Crippen molar-refractivity contribution >= 4 is 16.9 Å². The molecule has 1 aliphatic heterocycles. The first-order valence-electron chi connectivity index (χ1n) is 11.3. The van der Waals surface area contributed by atoms with Crippen LogP contribution in [0.3, 0.4) is 0 Å². The minimum absolute atomic E-state index is 0.0960. The summed E-state index contributed by atoms with van der Waals surface area (Å²) in [4.78, 5) is 26.1. The van der Waals surface area contributed by atoms with Crippen LogP contribution in [0.5, 0.6) is 0 Å². The molecule has 172 valence electrons. The predicted molar refractivity (Wildman–Crippen MR) is 127 cm³/mol. The normalized spacial score (nSPS) is 15.0. The molecule has 33 heavy (non-hydrogen) atoms. The first-order chi connectivity index (χ1) is 15.9.